The summed E-state index contributed by atoms with van der Waals surface area (Å²) in [6, 6.07) is 0.528. The second-order valence-electron chi connectivity index (χ2n) is 5.17. The van der Waals surface area contributed by atoms with Gasteiger partial charge in [0.25, 0.3) is 0 Å². The Balaban J connectivity index is 1.62. The molecular formula is C13H25ClN2O. The molecule has 0 aromatic rings. The summed E-state index contributed by atoms with van der Waals surface area (Å²) in [7, 11) is 0. The summed E-state index contributed by atoms with van der Waals surface area (Å²) in [6.07, 6.45) is 6.41. The third-order valence-electron chi connectivity index (χ3n) is 3.87. The average molecular weight is 261 g/mol. The van der Waals surface area contributed by atoms with E-state index in [4.69, 9.17) is 16.3 Å². The fraction of sp³-hybridized carbons (Fsp3) is 1.00. The van der Waals surface area contributed by atoms with E-state index in [2.05, 4.69) is 10.2 Å². The number of morpholine rings is 1. The zero-order valence-electron chi connectivity index (χ0n) is 10.7. The monoisotopic (exact) mass is 260 g/mol. The van der Waals surface area contributed by atoms with Crippen LogP contribution in [-0.2, 0) is 4.74 Å². The van der Waals surface area contributed by atoms with Crippen LogP contribution in [0.25, 0.3) is 0 Å². The van der Waals surface area contributed by atoms with Crippen LogP contribution in [0, 0.1) is 0 Å². The summed E-state index contributed by atoms with van der Waals surface area (Å²) in [5, 5.41) is 3.98. The second-order valence-corrected chi connectivity index (χ2v) is 5.73. The van der Waals surface area contributed by atoms with Crippen molar-refractivity contribution in [1.29, 1.82) is 0 Å². The molecule has 2 unspecified atom stereocenters. The molecule has 1 aliphatic heterocycles. The molecule has 17 heavy (non-hydrogen) atoms. The molecular weight excluding hydrogens is 236 g/mol. The maximum Gasteiger partial charge on any atom is 0.0594 e. The molecule has 1 saturated carbocycles. The molecule has 0 aromatic heterocycles. The lowest BCUT2D eigenvalue weighted by Crippen LogP contribution is -2.44. The van der Waals surface area contributed by atoms with E-state index in [0.717, 1.165) is 39.4 Å². The van der Waals surface area contributed by atoms with E-state index in [1.54, 1.807) is 0 Å². The number of nitrogens with zero attached hydrogens (tertiary/aromatic N) is 1. The van der Waals surface area contributed by atoms with Gasteiger partial charge in [0.15, 0.2) is 0 Å². The SMILES string of the molecule is ClC1CCCCCC1NCCN1CCOCC1. The van der Waals surface area contributed by atoms with E-state index in [1.807, 2.05) is 0 Å². The Hall–Kier alpha value is 0.170. The summed E-state index contributed by atoms with van der Waals surface area (Å²) in [5.74, 6) is 0. The van der Waals surface area contributed by atoms with Crippen LogP contribution >= 0.6 is 11.6 Å². The average Bonchev–Trinajstić information content (AvgIpc) is 2.56. The third-order valence-corrected chi connectivity index (χ3v) is 4.39. The molecule has 1 aliphatic carbocycles. The van der Waals surface area contributed by atoms with Crippen LogP contribution in [0.1, 0.15) is 32.1 Å². The van der Waals surface area contributed by atoms with Crippen LogP contribution in [0.3, 0.4) is 0 Å². The lowest BCUT2D eigenvalue weighted by molar-refractivity contribution is 0.0381. The first kappa shape index (κ1) is 13.6. The maximum absolute atomic E-state index is 6.41. The fourth-order valence-corrected chi connectivity index (χ4v) is 3.09. The highest BCUT2D eigenvalue weighted by atomic mass is 35.5. The fourth-order valence-electron chi connectivity index (χ4n) is 2.73. The van der Waals surface area contributed by atoms with E-state index in [9.17, 15) is 0 Å². The standard InChI is InChI=1S/C13H25ClN2O/c14-12-4-2-1-3-5-13(12)15-6-7-16-8-10-17-11-9-16/h12-13,15H,1-11H2. The number of hydrogen-bond acceptors (Lipinski definition) is 3. The van der Waals surface area contributed by atoms with Gasteiger partial charge in [-0.25, -0.2) is 0 Å². The van der Waals surface area contributed by atoms with Gasteiger partial charge in [-0.15, -0.1) is 11.6 Å². The molecule has 2 aliphatic rings. The highest BCUT2D eigenvalue weighted by molar-refractivity contribution is 6.21. The molecule has 1 saturated heterocycles. The van der Waals surface area contributed by atoms with Gasteiger partial charge in [0.1, 0.15) is 0 Å². The van der Waals surface area contributed by atoms with Crippen molar-refractivity contribution in [3.63, 3.8) is 0 Å². The van der Waals surface area contributed by atoms with Crippen LogP contribution in [0.15, 0.2) is 0 Å². The van der Waals surface area contributed by atoms with Gasteiger partial charge in [-0.05, 0) is 12.8 Å². The molecule has 0 aromatic carbocycles. The lowest BCUT2D eigenvalue weighted by atomic mass is 10.1. The van der Waals surface area contributed by atoms with Crippen molar-refractivity contribution in [2.45, 2.75) is 43.5 Å². The van der Waals surface area contributed by atoms with Crippen molar-refractivity contribution in [1.82, 2.24) is 10.2 Å². The van der Waals surface area contributed by atoms with Crippen molar-refractivity contribution in [3.05, 3.63) is 0 Å². The third kappa shape index (κ3) is 4.74. The minimum atomic E-state index is 0.335. The first-order chi connectivity index (χ1) is 8.36. The largest absolute Gasteiger partial charge is 0.379 e. The Morgan fingerprint density at radius 1 is 1.12 bits per heavy atom. The number of hydrogen-bond donors (Lipinski definition) is 1. The van der Waals surface area contributed by atoms with Crippen molar-refractivity contribution < 1.29 is 4.74 Å². The van der Waals surface area contributed by atoms with Gasteiger partial charge in [0, 0.05) is 37.6 Å². The summed E-state index contributed by atoms with van der Waals surface area (Å²) in [4.78, 5) is 2.47. The predicted octanol–water partition coefficient (Wildman–Crippen LogP) is 1.85. The van der Waals surface area contributed by atoms with Crippen LogP contribution in [0.5, 0.6) is 0 Å². The Kier molecular flexibility index (Phi) is 6.06. The summed E-state index contributed by atoms with van der Waals surface area (Å²) in [5.41, 5.74) is 0. The van der Waals surface area contributed by atoms with Gasteiger partial charge in [0.2, 0.25) is 0 Å². The topological polar surface area (TPSA) is 24.5 Å². The van der Waals surface area contributed by atoms with Crippen molar-refractivity contribution in [3.8, 4) is 0 Å². The number of ether oxygens (including phenoxy) is 1. The van der Waals surface area contributed by atoms with E-state index in [0.29, 0.717) is 11.4 Å². The quantitative estimate of drug-likeness (QED) is 0.617. The smallest absolute Gasteiger partial charge is 0.0594 e. The highest BCUT2D eigenvalue weighted by Crippen LogP contribution is 2.22. The number of alkyl halides is 1. The van der Waals surface area contributed by atoms with E-state index in [1.165, 1.54) is 32.1 Å². The van der Waals surface area contributed by atoms with Crippen LogP contribution < -0.4 is 5.32 Å². The Morgan fingerprint density at radius 2 is 1.88 bits per heavy atom. The first-order valence-corrected chi connectivity index (χ1v) is 7.47. The molecule has 3 nitrogen and oxygen atoms in total. The van der Waals surface area contributed by atoms with Gasteiger partial charge >= 0.3 is 0 Å². The Morgan fingerprint density at radius 3 is 2.71 bits per heavy atom. The zero-order valence-corrected chi connectivity index (χ0v) is 11.4. The van der Waals surface area contributed by atoms with Crippen molar-refractivity contribution in [2.24, 2.45) is 0 Å². The van der Waals surface area contributed by atoms with Crippen LogP contribution in [0.2, 0.25) is 0 Å². The highest BCUT2D eigenvalue weighted by Gasteiger charge is 2.21. The molecule has 0 radical (unpaired) electrons. The zero-order chi connectivity index (χ0) is 11.9. The molecule has 2 rings (SSSR count). The van der Waals surface area contributed by atoms with Gasteiger partial charge in [-0.3, -0.25) is 4.90 Å². The molecule has 1 N–H and O–H groups in total. The van der Waals surface area contributed by atoms with E-state index >= 15 is 0 Å². The molecule has 0 spiro atoms. The molecule has 100 valence electrons. The van der Waals surface area contributed by atoms with Gasteiger partial charge < -0.3 is 10.1 Å². The van der Waals surface area contributed by atoms with Crippen LogP contribution in [-0.4, -0.2) is 55.7 Å². The first-order valence-electron chi connectivity index (χ1n) is 7.04. The predicted molar refractivity (Wildman–Crippen MR) is 71.8 cm³/mol. The molecule has 2 atom stereocenters. The summed E-state index contributed by atoms with van der Waals surface area (Å²) >= 11 is 6.41. The normalized spacial score (nSPS) is 32.3. The van der Waals surface area contributed by atoms with Crippen molar-refractivity contribution in [2.75, 3.05) is 39.4 Å². The number of rotatable bonds is 4. The maximum atomic E-state index is 6.41. The Bertz CT molecular complexity index is 210. The molecule has 4 heteroatoms. The van der Waals surface area contributed by atoms with Gasteiger partial charge in [-0.2, -0.15) is 0 Å². The van der Waals surface area contributed by atoms with E-state index < -0.39 is 0 Å². The van der Waals surface area contributed by atoms with E-state index in [-0.39, 0.29) is 0 Å². The van der Waals surface area contributed by atoms with Gasteiger partial charge in [0.05, 0.1) is 13.2 Å². The number of nitrogens with one attached hydrogen (secondary N) is 1. The van der Waals surface area contributed by atoms with Crippen LogP contribution in [0.4, 0.5) is 0 Å². The lowest BCUT2D eigenvalue weighted by Gasteiger charge is -2.28. The molecule has 0 bridgehead atoms. The molecule has 2 fully saturated rings. The number of halogens is 1. The van der Waals surface area contributed by atoms with Gasteiger partial charge in [-0.1, -0.05) is 19.3 Å². The summed E-state index contributed by atoms with van der Waals surface area (Å²) < 4.78 is 5.35. The van der Waals surface area contributed by atoms with Crippen molar-refractivity contribution >= 4 is 11.6 Å². The Labute approximate surface area is 110 Å². The second kappa shape index (κ2) is 7.57. The minimum absolute atomic E-state index is 0.335. The summed E-state index contributed by atoms with van der Waals surface area (Å²) in [6.45, 7) is 6.13. The molecule has 1 heterocycles. The minimum Gasteiger partial charge on any atom is -0.379 e. The molecule has 0 amide bonds.